The molecule has 1 saturated heterocycles. The summed E-state index contributed by atoms with van der Waals surface area (Å²) in [6, 6.07) is 4.26. The molecule has 5 heteroatoms. The van der Waals surface area contributed by atoms with Crippen molar-refractivity contribution in [3.63, 3.8) is 0 Å². The minimum Gasteiger partial charge on any atom is -0.363 e. The average Bonchev–Trinajstić information content (AvgIpc) is 2.58. The van der Waals surface area contributed by atoms with Crippen LogP contribution in [0.15, 0.2) is 12.1 Å². The van der Waals surface area contributed by atoms with Crippen LogP contribution in [-0.4, -0.2) is 25.2 Å². The number of rotatable bonds is 0. The summed E-state index contributed by atoms with van der Waals surface area (Å²) in [5.41, 5.74) is 2.20. The molecule has 2 aliphatic rings. The molecule has 0 aromatic heterocycles. The van der Waals surface area contributed by atoms with Crippen molar-refractivity contribution < 1.29 is 4.39 Å². The van der Waals surface area contributed by atoms with E-state index in [1.807, 2.05) is 0 Å². The topological polar surface area (TPSA) is 15.3 Å². The Bertz CT molecular complexity index is 439. The molecule has 0 bridgehead atoms. The first-order chi connectivity index (χ1) is 7.66. The second-order valence-electron chi connectivity index (χ2n) is 4.67. The zero-order valence-electron chi connectivity index (χ0n) is 9.54. The first kappa shape index (κ1) is 12.9. The lowest BCUT2D eigenvalue weighted by Gasteiger charge is -2.38. The molecular weight excluding hydrogens is 262 g/mol. The van der Waals surface area contributed by atoms with E-state index in [1.54, 1.807) is 12.1 Å². The third-order valence-electron chi connectivity index (χ3n) is 3.54. The number of fused-ring (bicyclic) bond motifs is 3. The molecule has 0 spiro atoms. The fraction of sp³-hybridized carbons (Fsp3) is 0.500. The van der Waals surface area contributed by atoms with Gasteiger partial charge >= 0.3 is 0 Å². The Morgan fingerprint density at radius 3 is 2.94 bits per heavy atom. The van der Waals surface area contributed by atoms with Crippen molar-refractivity contribution >= 4 is 29.7 Å². The largest absolute Gasteiger partial charge is 0.363 e. The maximum Gasteiger partial charge on any atom is 0.142 e. The Morgan fingerprint density at radius 1 is 1.41 bits per heavy atom. The van der Waals surface area contributed by atoms with E-state index in [9.17, 15) is 4.39 Å². The summed E-state index contributed by atoms with van der Waals surface area (Å²) in [6.07, 6.45) is 0.917. The van der Waals surface area contributed by atoms with E-state index in [1.165, 1.54) is 0 Å². The zero-order chi connectivity index (χ0) is 11.3. The van der Waals surface area contributed by atoms with Gasteiger partial charge in [-0.3, -0.25) is 0 Å². The smallest absolute Gasteiger partial charge is 0.142 e. The first-order valence-corrected chi connectivity index (χ1v) is 6.01. The van der Waals surface area contributed by atoms with Gasteiger partial charge in [0.05, 0.1) is 5.02 Å². The van der Waals surface area contributed by atoms with Crippen molar-refractivity contribution in [1.82, 2.24) is 5.32 Å². The molecule has 1 unspecified atom stereocenters. The van der Waals surface area contributed by atoms with Gasteiger partial charge in [-0.15, -0.1) is 12.4 Å². The van der Waals surface area contributed by atoms with Gasteiger partial charge in [0.15, 0.2) is 0 Å². The highest BCUT2D eigenvalue weighted by molar-refractivity contribution is 6.31. The molecule has 1 aromatic carbocycles. The van der Waals surface area contributed by atoms with E-state index in [0.717, 1.165) is 30.8 Å². The van der Waals surface area contributed by atoms with Gasteiger partial charge in [0.2, 0.25) is 0 Å². The fourth-order valence-electron chi connectivity index (χ4n) is 2.86. The SMILES string of the molecule is CC1CNC[C@H]2Cc3cc(F)c(Cl)cc3N12.Cl. The van der Waals surface area contributed by atoms with Gasteiger partial charge in [0.1, 0.15) is 5.82 Å². The lowest BCUT2D eigenvalue weighted by atomic mass is 10.1. The minimum absolute atomic E-state index is 0. The normalized spacial score (nSPS) is 26.2. The molecule has 0 aliphatic carbocycles. The predicted molar refractivity (Wildman–Crippen MR) is 71.0 cm³/mol. The molecule has 1 N–H and O–H groups in total. The van der Waals surface area contributed by atoms with Crippen LogP contribution in [0, 0.1) is 5.82 Å². The molecule has 1 aromatic rings. The highest BCUT2D eigenvalue weighted by Crippen LogP contribution is 2.37. The number of nitrogens with zero attached hydrogens (tertiary/aromatic N) is 1. The second kappa shape index (κ2) is 4.63. The fourth-order valence-corrected chi connectivity index (χ4v) is 3.01. The van der Waals surface area contributed by atoms with Gasteiger partial charge in [-0.25, -0.2) is 4.39 Å². The van der Waals surface area contributed by atoms with Gasteiger partial charge in [0, 0.05) is 30.9 Å². The number of hydrogen-bond acceptors (Lipinski definition) is 2. The Balaban J connectivity index is 0.00000108. The molecule has 2 atom stereocenters. The predicted octanol–water partition coefficient (Wildman–Crippen LogP) is 2.62. The highest BCUT2D eigenvalue weighted by Gasteiger charge is 2.35. The van der Waals surface area contributed by atoms with Gasteiger partial charge in [-0.1, -0.05) is 11.6 Å². The van der Waals surface area contributed by atoms with E-state index in [0.29, 0.717) is 12.1 Å². The number of piperazine rings is 1. The lowest BCUT2D eigenvalue weighted by Crippen LogP contribution is -2.54. The van der Waals surface area contributed by atoms with Crippen molar-refractivity contribution in [3.05, 3.63) is 28.5 Å². The van der Waals surface area contributed by atoms with Crippen LogP contribution in [0.4, 0.5) is 10.1 Å². The van der Waals surface area contributed by atoms with Crippen molar-refractivity contribution in [3.8, 4) is 0 Å². The monoisotopic (exact) mass is 276 g/mol. The van der Waals surface area contributed by atoms with Crippen LogP contribution in [0.2, 0.25) is 5.02 Å². The molecule has 0 saturated carbocycles. The molecular formula is C12H15Cl2FN2. The first-order valence-electron chi connectivity index (χ1n) is 5.64. The van der Waals surface area contributed by atoms with Gasteiger partial charge < -0.3 is 10.2 Å². The van der Waals surface area contributed by atoms with Crippen LogP contribution in [0.25, 0.3) is 0 Å². The van der Waals surface area contributed by atoms with Crippen molar-refractivity contribution in [2.24, 2.45) is 0 Å². The molecule has 2 nitrogen and oxygen atoms in total. The molecule has 0 amide bonds. The molecule has 1 fully saturated rings. The van der Waals surface area contributed by atoms with Crippen LogP contribution in [0.5, 0.6) is 0 Å². The highest BCUT2D eigenvalue weighted by atomic mass is 35.5. The lowest BCUT2D eigenvalue weighted by molar-refractivity contribution is 0.430. The number of anilines is 1. The van der Waals surface area contributed by atoms with E-state index < -0.39 is 0 Å². The summed E-state index contributed by atoms with van der Waals surface area (Å²) in [4.78, 5) is 2.37. The molecule has 3 rings (SSSR count). The summed E-state index contributed by atoms with van der Waals surface area (Å²) in [6.45, 7) is 4.13. The van der Waals surface area contributed by atoms with E-state index >= 15 is 0 Å². The van der Waals surface area contributed by atoms with Crippen LogP contribution in [-0.2, 0) is 6.42 Å². The zero-order valence-corrected chi connectivity index (χ0v) is 11.1. The Kier molecular flexibility index (Phi) is 3.53. The summed E-state index contributed by atoms with van der Waals surface area (Å²) < 4.78 is 13.4. The number of nitrogens with one attached hydrogen (secondary N) is 1. The molecule has 94 valence electrons. The van der Waals surface area contributed by atoms with Crippen molar-refractivity contribution in [1.29, 1.82) is 0 Å². The van der Waals surface area contributed by atoms with E-state index in [-0.39, 0.29) is 23.2 Å². The van der Waals surface area contributed by atoms with Gasteiger partial charge in [0.25, 0.3) is 0 Å². The summed E-state index contributed by atoms with van der Waals surface area (Å²) in [5.74, 6) is -0.305. The summed E-state index contributed by atoms with van der Waals surface area (Å²) in [7, 11) is 0. The maximum absolute atomic E-state index is 13.4. The molecule has 0 radical (unpaired) electrons. The standard InChI is InChI=1S/C12H14ClFN2.ClH/c1-7-5-15-6-9-2-8-3-11(14)10(13)4-12(8)16(7)9;/h3-4,7,9,15H,2,5-6H2,1H3;1H/t7?,9-;/m1./s1. The molecule has 2 aliphatic heterocycles. The minimum atomic E-state index is -0.305. The van der Waals surface area contributed by atoms with Crippen molar-refractivity contribution in [2.45, 2.75) is 25.4 Å². The Morgan fingerprint density at radius 2 is 2.18 bits per heavy atom. The Hall–Kier alpha value is -0.510. The van der Waals surface area contributed by atoms with Crippen LogP contribution in [0.1, 0.15) is 12.5 Å². The van der Waals surface area contributed by atoms with Crippen molar-refractivity contribution in [2.75, 3.05) is 18.0 Å². The van der Waals surface area contributed by atoms with Crippen LogP contribution >= 0.6 is 24.0 Å². The van der Waals surface area contributed by atoms with Crippen LogP contribution in [0.3, 0.4) is 0 Å². The summed E-state index contributed by atoms with van der Waals surface area (Å²) >= 11 is 5.85. The van der Waals surface area contributed by atoms with Gasteiger partial charge in [-0.2, -0.15) is 0 Å². The molecule has 17 heavy (non-hydrogen) atoms. The number of benzene rings is 1. The van der Waals surface area contributed by atoms with E-state index in [2.05, 4.69) is 17.1 Å². The quantitative estimate of drug-likeness (QED) is 0.784. The maximum atomic E-state index is 13.4. The number of hydrogen-bond donors (Lipinski definition) is 1. The third kappa shape index (κ3) is 2.01. The van der Waals surface area contributed by atoms with E-state index in [4.69, 9.17) is 11.6 Å². The average molecular weight is 277 g/mol. The van der Waals surface area contributed by atoms with Crippen LogP contribution < -0.4 is 10.2 Å². The molecule has 2 heterocycles. The Labute approximate surface area is 112 Å². The number of halogens is 3. The summed E-state index contributed by atoms with van der Waals surface area (Å²) in [5, 5.41) is 3.63. The second-order valence-corrected chi connectivity index (χ2v) is 5.07. The third-order valence-corrected chi connectivity index (χ3v) is 3.83. The van der Waals surface area contributed by atoms with Gasteiger partial charge in [-0.05, 0) is 31.0 Å².